The molecule has 4 rings (SSSR count). The fourth-order valence-electron chi connectivity index (χ4n) is 3.95. The Labute approximate surface area is 151 Å². The van der Waals surface area contributed by atoms with Gasteiger partial charge in [0.15, 0.2) is 0 Å². The highest BCUT2D eigenvalue weighted by molar-refractivity contribution is 7.13. The highest BCUT2D eigenvalue weighted by Gasteiger charge is 2.36. The first-order chi connectivity index (χ1) is 12.1. The van der Waals surface area contributed by atoms with E-state index in [1.54, 1.807) is 18.3 Å². The molecule has 6 heteroatoms. The maximum Gasteiger partial charge on any atom is 0.265 e. The molecular formula is C19H22FN3OS. The van der Waals surface area contributed by atoms with Crippen LogP contribution in [-0.2, 0) is 6.42 Å². The van der Waals surface area contributed by atoms with Crippen molar-refractivity contribution in [3.05, 3.63) is 51.7 Å². The molecule has 2 aliphatic heterocycles. The quantitative estimate of drug-likeness (QED) is 0.912. The molecule has 25 heavy (non-hydrogen) atoms. The summed E-state index contributed by atoms with van der Waals surface area (Å²) in [7, 11) is 1.91. The fraction of sp³-hybridized carbons (Fsp3) is 0.474. The number of rotatable bonds is 4. The molecule has 132 valence electrons. The summed E-state index contributed by atoms with van der Waals surface area (Å²) >= 11 is 1.44. The summed E-state index contributed by atoms with van der Waals surface area (Å²) in [6.45, 7) is 0. The van der Waals surface area contributed by atoms with Gasteiger partial charge in [0.2, 0.25) is 0 Å². The van der Waals surface area contributed by atoms with E-state index in [0.717, 1.165) is 23.4 Å². The van der Waals surface area contributed by atoms with Crippen LogP contribution in [0.5, 0.6) is 0 Å². The fourth-order valence-corrected chi connectivity index (χ4v) is 4.89. The predicted octanol–water partition coefficient (Wildman–Crippen LogP) is 3.23. The minimum atomic E-state index is -0.240. The summed E-state index contributed by atoms with van der Waals surface area (Å²) in [6, 6.07) is 7.87. The average molecular weight is 359 g/mol. The molecule has 0 aliphatic carbocycles. The van der Waals surface area contributed by atoms with Gasteiger partial charge in [0, 0.05) is 31.6 Å². The summed E-state index contributed by atoms with van der Waals surface area (Å²) in [5.74, 6) is -0.175. The summed E-state index contributed by atoms with van der Waals surface area (Å²) < 4.78 is 13.0. The smallest absolute Gasteiger partial charge is 0.265 e. The number of fused-ring (bicyclic) bond motifs is 2. The van der Waals surface area contributed by atoms with Crippen molar-refractivity contribution in [1.29, 1.82) is 0 Å². The Morgan fingerprint density at radius 2 is 1.96 bits per heavy atom. The molecule has 2 aliphatic rings. The second kappa shape index (κ2) is 6.84. The minimum absolute atomic E-state index is 0.0640. The SMILES string of the molecule is CN(C(=O)c1cnc(Cc2ccc(F)cc2)s1)C1CC2CCC(C1)N2. The van der Waals surface area contributed by atoms with Crippen molar-refractivity contribution in [1.82, 2.24) is 15.2 Å². The molecule has 0 saturated carbocycles. The van der Waals surface area contributed by atoms with E-state index in [-0.39, 0.29) is 11.7 Å². The van der Waals surface area contributed by atoms with E-state index < -0.39 is 0 Å². The van der Waals surface area contributed by atoms with Gasteiger partial charge in [-0.1, -0.05) is 12.1 Å². The Hall–Kier alpha value is -1.79. The Morgan fingerprint density at radius 1 is 1.28 bits per heavy atom. The molecule has 0 spiro atoms. The molecule has 1 amide bonds. The number of amides is 1. The normalized spacial score (nSPS) is 25.1. The van der Waals surface area contributed by atoms with E-state index in [0.29, 0.717) is 29.4 Å². The zero-order valence-corrected chi connectivity index (χ0v) is 15.1. The molecule has 2 aromatic rings. The van der Waals surface area contributed by atoms with Crippen molar-refractivity contribution in [3.8, 4) is 0 Å². The van der Waals surface area contributed by atoms with Gasteiger partial charge in [-0.15, -0.1) is 11.3 Å². The van der Waals surface area contributed by atoms with Gasteiger partial charge >= 0.3 is 0 Å². The van der Waals surface area contributed by atoms with Crippen LogP contribution in [0.15, 0.2) is 30.5 Å². The highest BCUT2D eigenvalue weighted by atomic mass is 32.1. The zero-order valence-electron chi connectivity index (χ0n) is 14.2. The molecule has 1 N–H and O–H groups in total. The van der Waals surface area contributed by atoms with Crippen molar-refractivity contribution < 1.29 is 9.18 Å². The topological polar surface area (TPSA) is 45.2 Å². The lowest BCUT2D eigenvalue weighted by Crippen LogP contribution is -2.48. The molecule has 2 saturated heterocycles. The number of aromatic nitrogens is 1. The van der Waals surface area contributed by atoms with Gasteiger partial charge in [0.05, 0.1) is 11.2 Å². The number of nitrogens with zero attached hydrogens (tertiary/aromatic N) is 2. The number of carbonyl (C=O) groups is 1. The van der Waals surface area contributed by atoms with Gasteiger partial charge in [-0.2, -0.15) is 0 Å². The highest BCUT2D eigenvalue weighted by Crippen LogP contribution is 2.30. The van der Waals surface area contributed by atoms with Gasteiger partial charge in [0.25, 0.3) is 5.91 Å². The van der Waals surface area contributed by atoms with Crippen LogP contribution in [0, 0.1) is 5.82 Å². The number of nitrogens with one attached hydrogen (secondary N) is 1. The second-order valence-corrected chi connectivity index (χ2v) is 8.22. The van der Waals surface area contributed by atoms with Crippen LogP contribution in [0.4, 0.5) is 4.39 Å². The van der Waals surface area contributed by atoms with E-state index in [9.17, 15) is 9.18 Å². The van der Waals surface area contributed by atoms with Crippen molar-refractivity contribution in [2.45, 2.75) is 50.2 Å². The first-order valence-corrected chi connectivity index (χ1v) is 9.62. The lowest BCUT2D eigenvalue weighted by molar-refractivity contribution is 0.0686. The van der Waals surface area contributed by atoms with Crippen molar-refractivity contribution in [2.24, 2.45) is 0 Å². The van der Waals surface area contributed by atoms with Crippen LogP contribution in [0.1, 0.15) is 45.9 Å². The molecule has 1 aromatic heterocycles. The number of hydrogen-bond donors (Lipinski definition) is 1. The minimum Gasteiger partial charge on any atom is -0.338 e. The van der Waals surface area contributed by atoms with Gasteiger partial charge in [-0.05, 0) is 43.4 Å². The predicted molar refractivity (Wildman–Crippen MR) is 96.4 cm³/mol. The summed E-state index contributed by atoms with van der Waals surface area (Å²) in [4.78, 5) is 19.8. The van der Waals surface area contributed by atoms with Crippen LogP contribution in [0.2, 0.25) is 0 Å². The second-order valence-electron chi connectivity index (χ2n) is 7.10. The molecule has 2 bridgehead atoms. The molecule has 2 unspecified atom stereocenters. The largest absolute Gasteiger partial charge is 0.338 e. The van der Waals surface area contributed by atoms with Crippen LogP contribution >= 0.6 is 11.3 Å². The number of thiazole rings is 1. The number of carbonyl (C=O) groups excluding carboxylic acids is 1. The third kappa shape index (κ3) is 3.60. The van der Waals surface area contributed by atoms with Crippen molar-refractivity contribution in [3.63, 3.8) is 0 Å². The molecular weight excluding hydrogens is 337 g/mol. The lowest BCUT2D eigenvalue weighted by Gasteiger charge is -2.35. The zero-order chi connectivity index (χ0) is 17.4. The van der Waals surface area contributed by atoms with Gasteiger partial charge < -0.3 is 10.2 Å². The lowest BCUT2D eigenvalue weighted by atomic mass is 9.98. The van der Waals surface area contributed by atoms with E-state index in [2.05, 4.69) is 10.3 Å². The third-order valence-corrected chi connectivity index (χ3v) is 6.33. The van der Waals surface area contributed by atoms with Gasteiger partial charge in [-0.3, -0.25) is 4.79 Å². The van der Waals surface area contributed by atoms with Crippen LogP contribution in [0.25, 0.3) is 0 Å². The molecule has 2 atom stereocenters. The first-order valence-electron chi connectivity index (χ1n) is 8.81. The first kappa shape index (κ1) is 16.7. The number of benzene rings is 1. The summed E-state index contributed by atoms with van der Waals surface area (Å²) in [6.07, 6.45) is 6.84. The number of hydrogen-bond acceptors (Lipinski definition) is 4. The van der Waals surface area contributed by atoms with E-state index in [1.165, 1.54) is 36.3 Å². The molecule has 2 fully saturated rings. The Kier molecular flexibility index (Phi) is 4.56. The molecule has 4 nitrogen and oxygen atoms in total. The molecule has 3 heterocycles. The monoisotopic (exact) mass is 359 g/mol. The van der Waals surface area contributed by atoms with Crippen LogP contribution in [-0.4, -0.2) is 41.0 Å². The standard InChI is InChI=1S/C19H22FN3OS/c1-23(16-9-14-6-7-15(10-16)22-14)19(24)17-11-21-18(25-17)8-12-2-4-13(20)5-3-12/h2-5,11,14-16,22H,6-10H2,1H3. The molecule has 0 radical (unpaired) electrons. The van der Waals surface area contributed by atoms with Gasteiger partial charge in [0.1, 0.15) is 10.7 Å². The Bertz CT molecular complexity index is 748. The maximum absolute atomic E-state index is 13.0. The molecule has 1 aromatic carbocycles. The number of halogens is 1. The number of piperidine rings is 1. The Morgan fingerprint density at radius 3 is 2.64 bits per heavy atom. The van der Waals surface area contributed by atoms with Crippen LogP contribution in [0.3, 0.4) is 0 Å². The van der Waals surface area contributed by atoms with E-state index in [1.807, 2.05) is 11.9 Å². The summed E-state index contributed by atoms with van der Waals surface area (Å²) in [5, 5.41) is 4.50. The van der Waals surface area contributed by atoms with Gasteiger partial charge in [-0.25, -0.2) is 9.37 Å². The third-order valence-electron chi connectivity index (χ3n) is 5.35. The van der Waals surface area contributed by atoms with Crippen LogP contribution < -0.4 is 5.32 Å². The van der Waals surface area contributed by atoms with Crippen molar-refractivity contribution >= 4 is 17.2 Å². The van der Waals surface area contributed by atoms with E-state index in [4.69, 9.17) is 0 Å². The van der Waals surface area contributed by atoms with E-state index >= 15 is 0 Å². The average Bonchev–Trinajstić information content (AvgIpc) is 3.22. The van der Waals surface area contributed by atoms with Crippen molar-refractivity contribution in [2.75, 3.05) is 7.05 Å². The maximum atomic E-state index is 13.0. The Balaban J connectivity index is 1.42. The summed E-state index contributed by atoms with van der Waals surface area (Å²) in [5.41, 5.74) is 0.998.